The van der Waals surface area contributed by atoms with E-state index in [9.17, 15) is 18.0 Å². The van der Waals surface area contributed by atoms with Crippen LogP contribution in [0.2, 0.25) is 5.15 Å². The van der Waals surface area contributed by atoms with E-state index in [0.717, 1.165) is 4.90 Å². The molecule has 0 spiro atoms. The number of hydrogen-bond acceptors (Lipinski definition) is 3. The Kier molecular flexibility index (Phi) is 5.89. The first-order valence-electron chi connectivity index (χ1n) is 7.48. The Hall–Kier alpha value is -2.29. The molecule has 0 saturated carbocycles. The van der Waals surface area contributed by atoms with E-state index < -0.39 is 25.2 Å². The molecule has 2 amide bonds. The molecule has 25 heavy (non-hydrogen) atoms. The Balaban J connectivity index is 2.20. The molecule has 136 valence electrons. The molecule has 2 aromatic heterocycles. The van der Waals surface area contributed by atoms with E-state index in [-0.39, 0.29) is 11.7 Å². The maximum absolute atomic E-state index is 12.5. The summed E-state index contributed by atoms with van der Waals surface area (Å²) in [7, 11) is 1.32. The van der Waals surface area contributed by atoms with Crippen LogP contribution in [-0.4, -0.2) is 52.0 Å². The second kappa shape index (κ2) is 7.73. The number of alkyl halides is 3. The molecule has 2 rings (SSSR count). The first-order valence-corrected chi connectivity index (χ1v) is 7.85. The van der Waals surface area contributed by atoms with Crippen molar-refractivity contribution in [2.45, 2.75) is 19.5 Å². The van der Waals surface area contributed by atoms with E-state index in [2.05, 4.69) is 10.1 Å². The van der Waals surface area contributed by atoms with Gasteiger partial charge in [-0.15, -0.1) is 0 Å². The van der Waals surface area contributed by atoms with Crippen molar-refractivity contribution < 1.29 is 18.0 Å². The standard InChI is InChI=1S/C15H17ClF3N5O/c1-3-23(14(25)22(2)8-6-15(17,18)19)12-10-24(21-13(12)16)11-5-4-7-20-9-11/h4-5,7,9-10H,3,6,8H2,1-2H3. The number of anilines is 1. The lowest BCUT2D eigenvalue weighted by Crippen LogP contribution is -2.42. The average molecular weight is 376 g/mol. The van der Waals surface area contributed by atoms with Gasteiger partial charge < -0.3 is 4.90 Å². The minimum absolute atomic E-state index is 0.0725. The zero-order valence-corrected chi connectivity index (χ0v) is 14.4. The highest BCUT2D eigenvalue weighted by molar-refractivity contribution is 6.32. The highest BCUT2D eigenvalue weighted by Gasteiger charge is 2.30. The van der Waals surface area contributed by atoms with Crippen LogP contribution in [0.4, 0.5) is 23.7 Å². The molecule has 2 heterocycles. The molecule has 6 nitrogen and oxygen atoms in total. The number of carbonyl (C=O) groups is 1. The third kappa shape index (κ3) is 4.85. The molecule has 0 aromatic carbocycles. The Morgan fingerprint density at radius 1 is 1.40 bits per heavy atom. The van der Waals surface area contributed by atoms with Crippen molar-refractivity contribution in [1.29, 1.82) is 0 Å². The van der Waals surface area contributed by atoms with Gasteiger partial charge in [0.15, 0.2) is 5.15 Å². The maximum atomic E-state index is 12.5. The minimum atomic E-state index is -4.32. The van der Waals surface area contributed by atoms with Crippen LogP contribution < -0.4 is 4.90 Å². The van der Waals surface area contributed by atoms with E-state index >= 15 is 0 Å². The zero-order chi connectivity index (χ0) is 18.6. The second-order valence-corrected chi connectivity index (χ2v) is 5.63. The average Bonchev–Trinajstić information content (AvgIpc) is 2.95. The summed E-state index contributed by atoms with van der Waals surface area (Å²) >= 11 is 6.12. The molecule has 0 fully saturated rings. The van der Waals surface area contributed by atoms with Crippen LogP contribution in [0.5, 0.6) is 0 Å². The van der Waals surface area contributed by atoms with Crippen molar-refractivity contribution in [3.63, 3.8) is 0 Å². The second-order valence-electron chi connectivity index (χ2n) is 5.27. The summed E-state index contributed by atoms with van der Waals surface area (Å²) in [5.74, 6) is 0. The molecular formula is C15H17ClF3N5O. The van der Waals surface area contributed by atoms with Gasteiger partial charge in [-0.2, -0.15) is 18.3 Å². The van der Waals surface area contributed by atoms with Gasteiger partial charge in [0.25, 0.3) is 0 Å². The Bertz CT molecular complexity index is 720. The Labute approximate surface area is 147 Å². The number of carbonyl (C=O) groups excluding carboxylic acids is 1. The summed E-state index contributed by atoms with van der Waals surface area (Å²) < 4.78 is 38.5. The molecule has 0 aliphatic heterocycles. The van der Waals surface area contributed by atoms with Crippen LogP contribution in [0, 0.1) is 0 Å². The van der Waals surface area contributed by atoms with Crippen LogP contribution >= 0.6 is 11.6 Å². The zero-order valence-electron chi connectivity index (χ0n) is 13.7. The highest BCUT2D eigenvalue weighted by atomic mass is 35.5. The molecule has 0 saturated heterocycles. The summed E-state index contributed by atoms with van der Waals surface area (Å²) in [4.78, 5) is 18.7. The van der Waals surface area contributed by atoms with Crippen molar-refractivity contribution in [2.75, 3.05) is 25.0 Å². The molecule has 0 aliphatic rings. The maximum Gasteiger partial charge on any atom is 0.390 e. The molecular weight excluding hydrogens is 359 g/mol. The molecule has 2 aromatic rings. The number of rotatable bonds is 5. The normalized spacial score (nSPS) is 11.4. The lowest BCUT2D eigenvalue weighted by atomic mass is 10.4. The number of hydrogen-bond donors (Lipinski definition) is 0. The number of amides is 2. The molecule has 0 radical (unpaired) electrons. The van der Waals surface area contributed by atoms with Gasteiger partial charge in [0, 0.05) is 26.3 Å². The fraction of sp³-hybridized carbons (Fsp3) is 0.400. The van der Waals surface area contributed by atoms with Gasteiger partial charge in [-0.3, -0.25) is 9.88 Å². The largest absolute Gasteiger partial charge is 0.390 e. The van der Waals surface area contributed by atoms with Gasteiger partial charge in [0.05, 0.1) is 24.5 Å². The summed E-state index contributed by atoms with van der Waals surface area (Å²) in [6.45, 7) is 1.49. The van der Waals surface area contributed by atoms with Gasteiger partial charge >= 0.3 is 12.2 Å². The number of nitrogens with zero attached hydrogens (tertiary/aromatic N) is 5. The van der Waals surface area contributed by atoms with Crippen LogP contribution in [-0.2, 0) is 0 Å². The summed E-state index contributed by atoms with van der Waals surface area (Å²) in [6.07, 6.45) is -0.685. The van der Waals surface area contributed by atoms with E-state index in [0.29, 0.717) is 11.4 Å². The minimum Gasteiger partial charge on any atom is -0.327 e. The highest BCUT2D eigenvalue weighted by Crippen LogP contribution is 2.27. The third-order valence-electron chi connectivity index (χ3n) is 3.46. The smallest absolute Gasteiger partial charge is 0.327 e. The van der Waals surface area contributed by atoms with Gasteiger partial charge in [-0.05, 0) is 19.1 Å². The van der Waals surface area contributed by atoms with Crippen LogP contribution in [0.3, 0.4) is 0 Å². The summed E-state index contributed by atoms with van der Waals surface area (Å²) in [6, 6.07) is 2.89. The van der Waals surface area contributed by atoms with E-state index in [4.69, 9.17) is 11.6 Å². The first-order chi connectivity index (χ1) is 11.7. The van der Waals surface area contributed by atoms with Crippen molar-refractivity contribution in [3.8, 4) is 5.69 Å². The number of halogens is 4. The quantitative estimate of drug-likeness (QED) is 0.799. The van der Waals surface area contributed by atoms with Gasteiger partial charge in [-0.25, -0.2) is 9.48 Å². The molecule has 0 unspecified atom stereocenters. The van der Waals surface area contributed by atoms with E-state index in [1.54, 1.807) is 37.6 Å². The van der Waals surface area contributed by atoms with Crippen LogP contribution in [0.15, 0.2) is 30.7 Å². The van der Waals surface area contributed by atoms with Crippen LogP contribution in [0.25, 0.3) is 5.69 Å². The molecule has 0 atom stereocenters. The number of urea groups is 1. The van der Waals surface area contributed by atoms with Gasteiger partial charge in [0.2, 0.25) is 0 Å². The number of aromatic nitrogens is 3. The van der Waals surface area contributed by atoms with Crippen LogP contribution in [0.1, 0.15) is 13.3 Å². The van der Waals surface area contributed by atoms with Crippen molar-refractivity contribution in [1.82, 2.24) is 19.7 Å². The van der Waals surface area contributed by atoms with E-state index in [1.807, 2.05) is 0 Å². The fourth-order valence-electron chi connectivity index (χ4n) is 2.15. The van der Waals surface area contributed by atoms with Crippen molar-refractivity contribution in [3.05, 3.63) is 35.9 Å². The van der Waals surface area contributed by atoms with Gasteiger partial charge in [-0.1, -0.05) is 11.6 Å². The summed E-state index contributed by atoms with van der Waals surface area (Å²) in [5.41, 5.74) is 0.960. The molecule has 0 N–H and O–H groups in total. The van der Waals surface area contributed by atoms with Crippen molar-refractivity contribution >= 4 is 23.3 Å². The molecule has 0 bridgehead atoms. The Morgan fingerprint density at radius 2 is 2.12 bits per heavy atom. The predicted octanol–water partition coefficient (Wildman–Crippen LogP) is 3.75. The predicted molar refractivity (Wildman–Crippen MR) is 88.1 cm³/mol. The molecule has 0 aliphatic carbocycles. The lowest BCUT2D eigenvalue weighted by Gasteiger charge is -2.26. The fourth-order valence-corrected chi connectivity index (χ4v) is 2.38. The number of pyridine rings is 1. The Morgan fingerprint density at radius 3 is 2.68 bits per heavy atom. The first kappa shape index (κ1) is 19.0. The topological polar surface area (TPSA) is 54.3 Å². The lowest BCUT2D eigenvalue weighted by molar-refractivity contribution is -0.135. The van der Waals surface area contributed by atoms with Gasteiger partial charge in [0.1, 0.15) is 5.69 Å². The SMILES string of the molecule is CCN(C(=O)N(C)CCC(F)(F)F)c1cn(-c2cccnc2)nc1Cl. The van der Waals surface area contributed by atoms with E-state index in [1.165, 1.54) is 16.6 Å². The van der Waals surface area contributed by atoms with Crippen molar-refractivity contribution in [2.24, 2.45) is 0 Å². The molecule has 10 heteroatoms. The third-order valence-corrected chi connectivity index (χ3v) is 3.73. The monoisotopic (exact) mass is 375 g/mol. The summed E-state index contributed by atoms with van der Waals surface area (Å²) in [5, 5.41) is 4.20.